The third-order valence-corrected chi connectivity index (χ3v) is 7.60. The summed E-state index contributed by atoms with van der Waals surface area (Å²) in [5.41, 5.74) is 3.93. The molecule has 33 heavy (non-hydrogen) atoms. The molecule has 1 unspecified atom stereocenters. The van der Waals surface area contributed by atoms with Crippen LogP contribution in [0.1, 0.15) is 48.8 Å². The molecule has 0 bridgehead atoms. The van der Waals surface area contributed by atoms with Crippen LogP contribution >= 0.6 is 0 Å². The van der Waals surface area contributed by atoms with Crippen molar-refractivity contribution in [1.82, 2.24) is 15.4 Å². The predicted molar refractivity (Wildman–Crippen MR) is 125 cm³/mol. The molecule has 0 radical (unpaired) electrons. The molecule has 4 heterocycles. The van der Waals surface area contributed by atoms with Crippen molar-refractivity contribution in [3.8, 4) is 0 Å². The maximum absolute atomic E-state index is 12.2. The molecule has 1 N–H and O–H groups in total. The highest BCUT2D eigenvalue weighted by atomic mass is 16.5. The van der Waals surface area contributed by atoms with Crippen LogP contribution in [-0.2, 0) is 9.59 Å². The van der Waals surface area contributed by atoms with E-state index in [2.05, 4.69) is 56.7 Å². The number of likely N-dealkylation sites (tertiary alicyclic amines) is 1. The molecule has 7 heteroatoms. The van der Waals surface area contributed by atoms with Crippen molar-refractivity contribution in [2.45, 2.75) is 43.6 Å². The van der Waals surface area contributed by atoms with Crippen molar-refractivity contribution in [2.75, 3.05) is 31.1 Å². The SMILES string of the molecule is O=C1CCC(c2noc3cc(N4CC(N5CCC(c6ccccc6)CC5)C4)ccc23)C(=O)N1. The summed E-state index contributed by atoms with van der Waals surface area (Å²) in [5, 5.41) is 7.45. The Hall–Kier alpha value is -3.19. The Kier molecular flexibility index (Phi) is 5.14. The number of amides is 2. The molecule has 0 aliphatic carbocycles. The first kappa shape index (κ1) is 20.4. The van der Waals surface area contributed by atoms with Gasteiger partial charge in [0.2, 0.25) is 11.8 Å². The molecule has 3 fully saturated rings. The maximum atomic E-state index is 12.2. The second kappa shape index (κ2) is 8.30. The number of fused-ring (bicyclic) bond motifs is 1. The highest BCUT2D eigenvalue weighted by molar-refractivity contribution is 6.02. The molecule has 1 atom stereocenters. The highest BCUT2D eigenvalue weighted by Gasteiger charge is 2.35. The monoisotopic (exact) mass is 444 g/mol. The average Bonchev–Trinajstić information content (AvgIpc) is 3.22. The summed E-state index contributed by atoms with van der Waals surface area (Å²) in [6.07, 6.45) is 3.27. The van der Waals surface area contributed by atoms with Gasteiger partial charge in [0, 0.05) is 42.7 Å². The normalized spacial score (nSPS) is 23.0. The topological polar surface area (TPSA) is 78.7 Å². The van der Waals surface area contributed by atoms with E-state index in [4.69, 9.17) is 4.52 Å². The molecular weight excluding hydrogens is 416 g/mol. The van der Waals surface area contributed by atoms with Gasteiger partial charge in [-0.15, -0.1) is 0 Å². The molecule has 3 aromatic rings. The predicted octanol–water partition coefficient (Wildman–Crippen LogP) is 3.42. The number of aromatic nitrogens is 1. The Morgan fingerprint density at radius 2 is 1.76 bits per heavy atom. The lowest BCUT2D eigenvalue weighted by molar-refractivity contribution is -0.134. The number of carbonyl (C=O) groups is 2. The zero-order valence-electron chi connectivity index (χ0n) is 18.6. The van der Waals surface area contributed by atoms with E-state index in [1.807, 2.05) is 12.1 Å². The first-order chi connectivity index (χ1) is 16.2. The second-order valence-corrected chi connectivity index (χ2v) is 9.53. The van der Waals surface area contributed by atoms with Gasteiger partial charge in [0.1, 0.15) is 5.69 Å². The van der Waals surface area contributed by atoms with Gasteiger partial charge in [0.15, 0.2) is 5.58 Å². The van der Waals surface area contributed by atoms with Gasteiger partial charge in [-0.3, -0.25) is 19.8 Å². The summed E-state index contributed by atoms with van der Waals surface area (Å²) < 4.78 is 5.58. The first-order valence-electron chi connectivity index (χ1n) is 11.9. The van der Waals surface area contributed by atoms with E-state index in [9.17, 15) is 9.59 Å². The Balaban J connectivity index is 1.08. The first-order valence-corrected chi connectivity index (χ1v) is 11.9. The van der Waals surface area contributed by atoms with E-state index in [-0.39, 0.29) is 11.8 Å². The average molecular weight is 445 g/mol. The third kappa shape index (κ3) is 3.80. The Bertz CT molecular complexity index is 1180. The second-order valence-electron chi connectivity index (χ2n) is 9.53. The summed E-state index contributed by atoms with van der Waals surface area (Å²) in [5.74, 6) is -0.247. The van der Waals surface area contributed by atoms with Crippen LogP contribution in [0.2, 0.25) is 0 Å². The van der Waals surface area contributed by atoms with Gasteiger partial charge in [0.05, 0.1) is 5.92 Å². The number of carbonyl (C=O) groups excluding carboxylic acids is 2. The number of anilines is 1. The summed E-state index contributed by atoms with van der Waals surface area (Å²) in [4.78, 5) is 28.7. The quantitative estimate of drug-likeness (QED) is 0.622. The number of nitrogens with zero attached hydrogens (tertiary/aromatic N) is 3. The Morgan fingerprint density at radius 3 is 2.52 bits per heavy atom. The van der Waals surface area contributed by atoms with E-state index in [1.165, 1.54) is 18.4 Å². The Morgan fingerprint density at radius 1 is 0.970 bits per heavy atom. The molecule has 6 rings (SSSR count). The van der Waals surface area contributed by atoms with E-state index < -0.39 is 5.92 Å². The van der Waals surface area contributed by atoms with Crippen LogP contribution in [-0.4, -0.2) is 54.1 Å². The molecule has 2 amide bonds. The fraction of sp³-hybridized carbons (Fsp3) is 0.423. The summed E-state index contributed by atoms with van der Waals surface area (Å²) in [7, 11) is 0. The van der Waals surface area contributed by atoms with Gasteiger partial charge < -0.3 is 9.42 Å². The maximum Gasteiger partial charge on any atom is 0.235 e. The molecule has 7 nitrogen and oxygen atoms in total. The molecule has 0 saturated carbocycles. The van der Waals surface area contributed by atoms with Gasteiger partial charge in [-0.05, 0) is 56.0 Å². The molecule has 1 aromatic heterocycles. The third-order valence-electron chi connectivity index (χ3n) is 7.60. The summed E-state index contributed by atoms with van der Waals surface area (Å²) >= 11 is 0. The van der Waals surface area contributed by atoms with Crippen LogP contribution in [0.4, 0.5) is 5.69 Å². The van der Waals surface area contributed by atoms with Crippen LogP contribution < -0.4 is 10.2 Å². The number of hydrogen-bond acceptors (Lipinski definition) is 6. The van der Waals surface area contributed by atoms with E-state index >= 15 is 0 Å². The van der Waals surface area contributed by atoms with Crippen LogP contribution in [0.5, 0.6) is 0 Å². The zero-order valence-corrected chi connectivity index (χ0v) is 18.6. The van der Waals surface area contributed by atoms with Gasteiger partial charge in [-0.25, -0.2) is 0 Å². The number of benzene rings is 2. The van der Waals surface area contributed by atoms with Crippen LogP contribution in [0, 0.1) is 0 Å². The lowest BCUT2D eigenvalue weighted by Crippen LogP contribution is -2.60. The molecular formula is C26H28N4O3. The largest absolute Gasteiger partial charge is 0.368 e. The van der Waals surface area contributed by atoms with Crippen LogP contribution in [0.25, 0.3) is 11.0 Å². The van der Waals surface area contributed by atoms with E-state index in [1.54, 1.807) is 0 Å². The van der Waals surface area contributed by atoms with Gasteiger partial charge in [-0.1, -0.05) is 35.5 Å². The molecule has 3 aliphatic heterocycles. The smallest absolute Gasteiger partial charge is 0.235 e. The van der Waals surface area contributed by atoms with Crippen molar-refractivity contribution in [3.05, 3.63) is 59.8 Å². The van der Waals surface area contributed by atoms with Gasteiger partial charge in [0.25, 0.3) is 0 Å². The fourth-order valence-corrected chi connectivity index (χ4v) is 5.57. The van der Waals surface area contributed by atoms with E-state index in [0.29, 0.717) is 36.1 Å². The van der Waals surface area contributed by atoms with Crippen LogP contribution in [0.3, 0.4) is 0 Å². The highest BCUT2D eigenvalue weighted by Crippen LogP contribution is 2.35. The number of rotatable bonds is 4. The minimum Gasteiger partial charge on any atom is -0.368 e. The number of piperidine rings is 2. The van der Waals surface area contributed by atoms with Crippen LogP contribution in [0.15, 0.2) is 53.1 Å². The van der Waals surface area contributed by atoms with Crippen molar-refractivity contribution >= 4 is 28.5 Å². The lowest BCUT2D eigenvalue weighted by Gasteiger charge is -2.48. The fourth-order valence-electron chi connectivity index (χ4n) is 5.57. The minimum absolute atomic E-state index is 0.219. The molecule has 3 saturated heterocycles. The van der Waals surface area contributed by atoms with Gasteiger partial charge in [-0.2, -0.15) is 0 Å². The van der Waals surface area contributed by atoms with Crippen molar-refractivity contribution in [3.63, 3.8) is 0 Å². The number of imide groups is 1. The number of hydrogen-bond donors (Lipinski definition) is 1. The zero-order chi connectivity index (χ0) is 22.4. The van der Waals surface area contributed by atoms with Crippen molar-refractivity contribution in [1.29, 1.82) is 0 Å². The number of nitrogens with one attached hydrogen (secondary N) is 1. The Labute approximate surface area is 192 Å². The van der Waals surface area contributed by atoms with Crippen molar-refractivity contribution < 1.29 is 14.1 Å². The van der Waals surface area contributed by atoms with E-state index in [0.717, 1.165) is 37.3 Å². The lowest BCUT2D eigenvalue weighted by atomic mass is 9.88. The molecule has 2 aromatic carbocycles. The summed E-state index contributed by atoms with van der Waals surface area (Å²) in [6.45, 7) is 4.37. The molecule has 3 aliphatic rings. The molecule has 0 spiro atoms. The summed E-state index contributed by atoms with van der Waals surface area (Å²) in [6, 6.07) is 17.6. The van der Waals surface area contributed by atoms with Gasteiger partial charge >= 0.3 is 0 Å². The van der Waals surface area contributed by atoms with Crippen molar-refractivity contribution in [2.24, 2.45) is 0 Å². The standard InChI is InChI=1S/C26H28N4O3/c31-24-9-8-22(26(32)27-24)25-21-7-6-19(14-23(21)33-28-25)30-15-20(16-30)29-12-10-18(11-13-29)17-4-2-1-3-5-17/h1-7,14,18,20,22H,8-13,15-16H2,(H,27,31,32). The molecule has 170 valence electrons. The minimum atomic E-state index is -0.429.